The van der Waals surface area contributed by atoms with Crippen LogP contribution in [-0.2, 0) is 19.9 Å². The first-order valence-corrected chi connectivity index (χ1v) is 7.21. The van der Waals surface area contributed by atoms with Gasteiger partial charge in [0.05, 0.1) is 27.6 Å². The summed E-state index contributed by atoms with van der Waals surface area (Å²) in [5, 5.41) is 4.49. The summed E-state index contributed by atoms with van der Waals surface area (Å²) >= 11 is 3.62. The molecule has 1 atom stereocenters. The van der Waals surface area contributed by atoms with Gasteiger partial charge >= 0.3 is 0 Å². The van der Waals surface area contributed by atoms with Crippen molar-refractivity contribution in [2.75, 3.05) is 0 Å². The van der Waals surface area contributed by atoms with E-state index in [-0.39, 0.29) is 6.04 Å². The van der Waals surface area contributed by atoms with Crippen molar-refractivity contribution in [3.63, 3.8) is 0 Å². The fourth-order valence-electron chi connectivity index (χ4n) is 2.23. The summed E-state index contributed by atoms with van der Waals surface area (Å²) < 4.78 is 2.97. The molecular weight excluding hydrogens is 304 g/mol. The van der Waals surface area contributed by atoms with Crippen molar-refractivity contribution in [1.82, 2.24) is 14.8 Å². The highest BCUT2D eigenvalue weighted by Crippen LogP contribution is 2.26. The van der Waals surface area contributed by atoms with Crippen LogP contribution in [0, 0.1) is 6.92 Å². The Labute approximate surface area is 122 Å². The predicted molar refractivity (Wildman–Crippen MR) is 79.9 cm³/mol. The van der Waals surface area contributed by atoms with Gasteiger partial charge in [-0.2, -0.15) is 5.10 Å². The molecule has 1 unspecified atom stereocenters. The van der Waals surface area contributed by atoms with Crippen LogP contribution in [0.4, 0.5) is 0 Å². The molecule has 0 radical (unpaired) electrons. The normalized spacial score (nSPS) is 12.7. The van der Waals surface area contributed by atoms with E-state index in [4.69, 9.17) is 5.73 Å². The van der Waals surface area contributed by atoms with E-state index < -0.39 is 0 Å². The quantitative estimate of drug-likeness (QED) is 0.941. The number of nitrogens with two attached hydrogens (primary N) is 1. The molecular formula is C14H19BrN4. The highest BCUT2D eigenvalue weighted by Gasteiger charge is 2.18. The van der Waals surface area contributed by atoms with Gasteiger partial charge in [0.1, 0.15) is 0 Å². The van der Waals surface area contributed by atoms with Crippen molar-refractivity contribution >= 4 is 15.9 Å². The zero-order chi connectivity index (χ0) is 14.0. The van der Waals surface area contributed by atoms with Gasteiger partial charge in [0.25, 0.3) is 0 Å². The van der Waals surface area contributed by atoms with Crippen LogP contribution < -0.4 is 5.73 Å². The molecule has 0 saturated carbocycles. The monoisotopic (exact) mass is 322 g/mol. The summed E-state index contributed by atoms with van der Waals surface area (Å²) in [5.41, 5.74) is 10.6. The van der Waals surface area contributed by atoms with Gasteiger partial charge in [-0.3, -0.25) is 9.67 Å². The second-order valence-corrected chi connectivity index (χ2v) is 5.49. The number of aromatic nitrogens is 3. The topological polar surface area (TPSA) is 56.7 Å². The molecule has 102 valence electrons. The standard InChI is InChI=1S/C14H19BrN4/c1-4-11-13(15)12(19(3)18-11)8-10(16)14-9(2)6-5-7-17-14/h5-7,10H,4,8,16H2,1-3H3. The van der Waals surface area contributed by atoms with Crippen LogP contribution in [0.1, 0.15) is 35.6 Å². The van der Waals surface area contributed by atoms with E-state index in [2.05, 4.69) is 32.9 Å². The van der Waals surface area contributed by atoms with Crippen LogP contribution in [0.25, 0.3) is 0 Å². The molecule has 0 fully saturated rings. The van der Waals surface area contributed by atoms with Crippen molar-refractivity contribution in [3.8, 4) is 0 Å². The van der Waals surface area contributed by atoms with Gasteiger partial charge in [0.15, 0.2) is 0 Å². The molecule has 0 aromatic carbocycles. The molecule has 0 amide bonds. The SMILES string of the molecule is CCc1nn(C)c(CC(N)c2ncccc2C)c1Br. The largest absolute Gasteiger partial charge is 0.322 e. The van der Waals surface area contributed by atoms with Gasteiger partial charge in [-0.05, 0) is 40.9 Å². The van der Waals surface area contributed by atoms with Crippen molar-refractivity contribution in [2.45, 2.75) is 32.7 Å². The van der Waals surface area contributed by atoms with Crippen molar-refractivity contribution in [1.29, 1.82) is 0 Å². The van der Waals surface area contributed by atoms with Crippen LogP contribution in [0.15, 0.2) is 22.8 Å². The molecule has 2 N–H and O–H groups in total. The second kappa shape index (κ2) is 5.84. The number of rotatable bonds is 4. The molecule has 0 aliphatic carbocycles. The first kappa shape index (κ1) is 14.2. The minimum absolute atomic E-state index is 0.113. The lowest BCUT2D eigenvalue weighted by Crippen LogP contribution is -2.18. The Morgan fingerprint density at radius 2 is 2.21 bits per heavy atom. The Morgan fingerprint density at radius 3 is 2.79 bits per heavy atom. The second-order valence-electron chi connectivity index (χ2n) is 4.70. The van der Waals surface area contributed by atoms with Gasteiger partial charge in [-0.25, -0.2) is 0 Å². The molecule has 2 aromatic heterocycles. The van der Waals surface area contributed by atoms with E-state index in [9.17, 15) is 0 Å². The zero-order valence-corrected chi connectivity index (χ0v) is 13.1. The Hall–Kier alpha value is -1.20. The Kier molecular flexibility index (Phi) is 4.37. The number of aryl methyl sites for hydroxylation is 3. The lowest BCUT2D eigenvalue weighted by molar-refractivity contribution is 0.623. The first-order chi connectivity index (χ1) is 9.04. The Morgan fingerprint density at radius 1 is 1.47 bits per heavy atom. The molecule has 4 nitrogen and oxygen atoms in total. The molecule has 0 aliphatic rings. The Balaban J connectivity index is 2.27. The third kappa shape index (κ3) is 2.87. The van der Waals surface area contributed by atoms with Crippen molar-refractivity contribution in [3.05, 3.63) is 45.4 Å². The van der Waals surface area contributed by atoms with E-state index in [0.717, 1.165) is 40.0 Å². The van der Waals surface area contributed by atoms with Gasteiger partial charge in [0, 0.05) is 19.7 Å². The Bertz CT molecular complexity index is 577. The maximum absolute atomic E-state index is 6.29. The maximum Gasteiger partial charge on any atom is 0.0766 e. The van der Waals surface area contributed by atoms with Crippen LogP contribution in [0.2, 0.25) is 0 Å². The molecule has 0 saturated heterocycles. The van der Waals surface area contributed by atoms with Crippen LogP contribution in [0.5, 0.6) is 0 Å². The van der Waals surface area contributed by atoms with E-state index in [1.54, 1.807) is 6.20 Å². The molecule has 2 heterocycles. The highest BCUT2D eigenvalue weighted by atomic mass is 79.9. The van der Waals surface area contributed by atoms with E-state index >= 15 is 0 Å². The van der Waals surface area contributed by atoms with Crippen LogP contribution >= 0.6 is 15.9 Å². The average molecular weight is 323 g/mol. The molecule has 5 heteroatoms. The summed E-state index contributed by atoms with van der Waals surface area (Å²) in [6, 6.07) is 3.86. The lowest BCUT2D eigenvalue weighted by atomic mass is 10.0. The molecule has 2 rings (SSSR count). The van der Waals surface area contributed by atoms with E-state index in [0.29, 0.717) is 0 Å². The third-order valence-electron chi connectivity index (χ3n) is 3.32. The van der Waals surface area contributed by atoms with Crippen LogP contribution in [0.3, 0.4) is 0 Å². The first-order valence-electron chi connectivity index (χ1n) is 6.42. The summed E-state index contributed by atoms with van der Waals surface area (Å²) in [6.07, 6.45) is 3.42. The fourth-order valence-corrected chi connectivity index (χ4v) is 3.01. The number of hydrogen-bond acceptors (Lipinski definition) is 3. The van der Waals surface area contributed by atoms with Crippen molar-refractivity contribution in [2.24, 2.45) is 12.8 Å². The van der Waals surface area contributed by atoms with Gasteiger partial charge in [-0.1, -0.05) is 13.0 Å². The summed E-state index contributed by atoms with van der Waals surface area (Å²) in [4.78, 5) is 4.39. The van der Waals surface area contributed by atoms with Crippen LogP contribution in [-0.4, -0.2) is 14.8 Å². The zero-order valence-electron chi connectivity index (χ0n) is 11.5. The smallest absolute Gasteiger partial charge is 0.0766 e. The predicted octanol–water partition coefficient (Wildman–Crippen LogP) is 2.69. The fraction of sp³-hybridized carbons (Fsp3) is 0.429. The molecule has 0 spiro atoms. The van der Waals surface area contributed by atoms with E-state index in [1.807, 2.05) is 30.8 Å². The molecule has 0 bridgehead atoms. The number of nitrogens with zero attached hydrogens (tertiary/aromatic N) is 3. The number of pyridine rings is 1. The van der Waals surface area contributed by atoms with Gasteiger partial charge < -0.3 is 5.73 Å². The lowest BCUT2D eigenvalue weighted by Gasteiger charge is -2.13. The molecule has 2 aromatic rings. The maximum atomic E-state index is 6.29. The van der Waals surface area contributed by atoms with Gasteiger partial charge in [0.2, 0.25) is 0 Å². The molecule has 19 heavy (non-hydrogen) atoms. The minimum Gasteiger partial charge on any atom is -0.322 e. The summed E-state index contributed by atoms with van der Waals surface area (Å²) in [7, 11) is 1.96. The summed E-state index contributed by atoms with van der Waals surface area (Å²) in [5.74, 6) is 0. The minimum atomic E-state index is -0.113. The highest BCUT2D eigenvalue weighted by molar-refractivity contribution is 9.10. The number of hydrogen-bond donors (Lipinski definition) is 1. The summed E-state index contributed by atoms with van der Waals surface area (Å²) in [6.45, 7) is 4.14. The van der Waals surface area contributed by atoms with Gasteiger partial charge in [-0.15, -0.1) is 0 Å². The third-order valence-corrected chi connectivity index (χ3v) is 4.23. The number of halogens is 1. The van der Waals surface area contributed by atoms with Crippen molar-refractivity contribution < 1.29 is 0 Å². The average Bonchev–Trinajstić information content (AvgIpc) is 2.66. The van der Waals surface area contributed by atoms with E-state index in [1.165, 1.54) is 0 Å². The molecule has 0 aliphatic heterocycles.